The first-order valence-electron chi connectivity index (χ1n) is 6.60. The summed E-state index contributed by atoms with van der Waals surface area (Å²) in [6.45, 7) is 0.941. The van der Waals surface area contributed by atoms with Crippen molar-refractivity contribution in [1.29, 1.82) is 0 Å². The fraction of sp³-hybridized carbons (Fsp3) is 0.692. The van der Waals surface area contributed by atoms with Crippen molar-refractivity contribution in [3.05, 3.63) is 18.7 Å². The molecule has 1 saturated carbocycles. The van der Waals surface area contributed by atoms with Crippen LogP contribution >= 0.6 is 0 Å². The van der Waals surface area contributed by atoms with Gasteiger partial charge in [0.15, 0.2) is 0 Å². The normalized spacial score (nSPS) is 28.2. The van der Waals surface area contributed by atoms with Gasteiger partial charge in [0.1, 0.15) is 12.4 Å². The van der Waals surface area contributed by atoms with Gasteiger partial charge in [-0.15, -0.1) is 0 Å². The quantitative estimate of drug-likeness (QED) is 0.626. The average Bonchev–Trinajstić information content (AvgIpc) is 2.94. The highest BCUT2D eigenvalue weighted by Crippen LogP contribution is 2.36. The van der Waals surface area contributed by atoms with Crippen molar-refractivity contribution in [2.24, 2.45) is 13.0 Å². The SMILES string of the molecule is C[n+]1ccn(C(=O)N2CCC3CCCCC32)c1. The van der Waals surface area contributed by atoms with Crippen LogP contribution in [0.25, 0.3) is 0 Å². The second-order valence-electron chi connectivity index (χ2n) is 5.36. The molecule has 0 radical (unpaired) electrons. The van der Waals surface area contributed by atoms with E-state index in [0.717, 1.165) is 12.5 Å². The molecule has 2 fully saturated rings. The maximum atomic E-state index is 12.4. The minimum atomic E-state index is 0.153. The summed E-state index contributed by atoms with van der Waals surface area (Å²) in [7, 11) is 1.94. The van der Waals surface area contributed by atoms with E-state index in [1.54, 1.807) is 4.57 Å². The van der Waals surface area contributed by atoms with Crippen LogP contribution in [-0.2, 0) is 7.05 Å². The van der Waals surface area contributed by atoms with Gasteiger partial charge in [0, 0.05) is 12.6 Å². The largest absolute Gasteiger partial charge is 0.416 e. The highest BCUT2D eigenvalue weighted by molar-refractivity contribution is 5.77. The first-order chi connectivity index (χ1) is 8.25. The fourth-order valence-electron chi connectivity index (χ4n) is 3.36. The van der Waals surface area contributed by atoms with Crippen molar-refractivity contribution in [2.75, 3.05) is 6.54 Å². The molecule has 0 spiro atoms. The summed E-state index contributed by atoms with van der Waals surface area (Å²) in [5.74, 6) is 0.761. The zero-order chi connectivity index (χ0) is 11.8. The lowest BCUT2D eigenvalue weighted by Gasteiger charge is -2.30. The molecule has 1 aliphatic heterocycles. The van der Waals surface area contributed by atoms with E-state index in [0.29, 0.717) is 6.04 Å². The van der Waals surface area contributed by atoms with Gasteiger partial charge in [0.05, 0.1) is 7.05 Å². The number of hydrogen-bond donors (Lipinski definition) is 0. The van der Waals surface area contributed by atoms with E-state index in [4.69, 9.17) is 0 Å². The van der Waals surface area contributed by atoms with E-state index in [2.05, 4.69) is 4.90 Å². The minimum Gasteiger partial charge on any atom is -0.301 e. The van der Waals surface area contributed by atoms with Gasteiger partial charge in [-0.1, -0.05) is 12.8 Å². The van der Waals surface area contributed by atoms with Crippen molar-refractivity contribution in [2.45, 2.75) is 38.1 Å². The first-order valence-corrected chi connectivity index (χ1v) is 6.60. The highest BCUT2D eigenvalue weighted by atomic mass is 16.2. The van der Waals surface area contributed by atoms with Gasteiger partial charge in [0.2, 0.25) is 0 Å². The lowest BCUT2D eigenvalue weighted by Crippen LogP contribution is -2.41. The van der Waals surface area contributed by atoms with Crippen molar-refractivity contribution in [1.82, 2.24) is 9.47 Å². The Kier molecular flexibility index (Phi) is 2.65. The fourth-order valence-corrected chi connectivity index (χ4v) is 3.36. The number of aromatic nitrogens is 2. The van der Waals surface area contributed by atoms with Gasteiger partial charge in [-0.2, -0.15) is 4.57 Å². The maximum absolute atomic E-state index is 12.4. The Balaban J connectivity index is 1.78. The molecule has 0 N–H and O–H groups in total. The predicted molar refractivity (Wildman–Crippen MR) is 63.5 cm³/mol. The average molecular weight is 234 g/mol. The molecule has 92 valence electrons. The minimum absolute atomic E-state index is 0.153. The molecule has 4 heteroatoms. The van der Waals surface area contributed by atoms with E-state index in [9.17, 15) is 4.79 Å². The third-order valence-corrected chi connectivity index (χ3v) is 4.25. The van der Waals surface area contributed by atoms with Gasteiger partial charge in [-0.3, -0.25) is 0 Å². The molecule has 1 aliphatic carbocycles. The van der Waals surface area contributed by atoms with E-state index in [1.807, 2.05) is 30.3 Å². The summed E-state index contributed by atoms with van der Waals surface area (Å²) in [5, 5.41) is 0. The molecule has 2 atom stereocenters. The van der Waals surface area contributed by atoms with Gasteiger partial charge in [-0.25, -0.2) is 9.36 Å². The number of nitrogens with zero attached hydrogens (tertiary/aromatic N) is 3. The van der Waals surface area contributed by atoms with Gasteiger partial charge in [0.25, 0.3) is 6.33 Å². The number of likely N-dealkylation sites (tertiary alicyclic amines) is 1. The number of amides is 1. The first kappa shape index (κ1) is 10.8. The predicted octanol–water partition coefficient (Wildman–Crippen LogP) is 1.55. The lowest BCUT2D eigenvalue weighted by atomic mass is 9.85. The molecule has 0 bridgehead atoms. The molecule has 17 heavy (non-hydrogen) atoms. The molecular formula is C13H20N3O+. The molecule has 2 aliphatic rings. The van der Waals surface area contributed by atoms with Crippen LogP contribution < -0.4 is 4.57 Å². The van der Waals surface area contributed by atoms with Crippen molar-refractivity contribution >= 4 is 6.03 Å². The zero-order valence-corrected chi connectivity index (χ0v) is 10.4. The topological polar surface area (TPSA) is 29.1 Å². The smallest absolute Gasteiger partial charge is 0.301 e. The zero-order valence-electron chi connectivity index (χ0n) is 10.4. The molecule has 1 aromatic heterocycles. The summed E-state index contributed by atoms with van der Waals surface area (Å²) < 4.78 is 3.61. The van der Waals surface area contributed by atoms with E-state index >= 15 is 0 Å². The van der Waals surface area contributed by atoms with Crippen LogP contribution in [0.4, 0.5) is 4.79 Å². The second kappa shape index (κ2) is 4.17. The highest BCUT2D eigenvalue weighted by Gasteiger charge is 2.40. The van der Waals surface area contributed by atoms with Gasteiger partial charge >= 0.3 is 6.03 Å². The number of carbonyl (C=O) groups is 1. The third kappa shape index (κ3) is 1.85. The third-order valence-electron chi connectivity index (χ3n) is 4.25. The van der Waals surface area contributed by atoms with Crippen molar-refractivity contribution in [3.63, 3.8) is 0 Å². The van der Waals surface area contributed by atoms with Gasteiger partial charge < -0.3 is 4.90 Å². The molecule has 3 rings (SSSR count). The summed E-state index contributed by atoms with van der Waals surface area (Å²) in [5.41, 5.74) is 0. The van der Waals surface area contributed by atoms with Crippen LogP contribution in [0, 0.1) is 5.92 Å². The Morgan fingerprint density at radius 2 is 2.12 bits per heavy atom. The van der Waals surface area contributed by atoms with E-state index < -0.39 is 0 Å². The van der Waals surface area contributed by atoms with Crippen LogP contribution in [0.15, 0.2) is 18.7 Å². The number of imidazole rings is 1. The number of aryl methyl sites for hydroxylation is 1. The van der Waals surface area contributed by atoms with Crippen LogP contribution in [0.5, 0.6) is 0 Å². The van der Waals surface area contributed by atoms with E-state index in [-0.39, 0.29) is 6.03 Å². The molecule has 2 unspecified atom stereocenters. The van der Waals surface area contributed by atoms with Crippen molar-refractivity contribution in [3.8, 4) is 0 Å². The number of hydrogen-bond acceptors (Lipinski definition) is 1. The second-order valence-corrected chi connectivity index (χ2v) is 5.36. The summed E-state index contributed by atoms with van der Waals surface area (Å²) in [6, 6.07) is 0.656. The van der Waals surface area contributed by atoms with Crippen LogP contribution in [-0.4, -0.2) is 28.1 Å². The van der Waals surface area contributed by atoms with Crippen LogP contribution in [0.3, 0.4) is 0 Å². The number of fused-ring (bicyclic) bond motifs is 1. The lowest BCUT2D eigenvalue weighted by molar-refractivity contribution is -0.670. The van der Waals surface area contributed by atoms with Crippen molar-refractivity contribution < 1.29 is 9.36 Å². The number of rotatable bonds is 0. The summed E-state index contributed by atoms with van der Waals surface area (Å²) >= 11 is 0. The molecular weight excluding hydrogens is 214 g/mol. The standard InChI is InChI=1S/C13H20N3O/c1-14-8-9-15(10-14)13(17)16-7-6-11-4-2-3-5-12(11)16/h8-12H,2-7H2,1H3/q+1. The molecule has 2 heterocycles. The van der Waals surface area contributed by atoms with Crippen LogP contribution in [0.2, 0.25) is 0 Å². The van der Waals surface area contributed by atoms with Crippen LogP contribution in [0.1, 0.15) is 32.1 Å². The molecule has 1 amide bonds. The molecule has 4 nitrogen and oxygen atoms in total. The van der Waals surface area contributed by atoms with Gasteiger partial charge in [-0.05, 0) is 25.2 Å². The Hall–Kier alpha value is -1.32. The number of carbonyl (C=O) groups excluding carboxylic acids is 1. The Bertz CT molecular complexity index is 426. The Morgan fingerprint density at radius 1 is 1.29 bits per heavy atom. The molecule has 1 aromatic rings. The summed E-state index contributed by atoms with van der Waals surface area (Å²) in [4.78, 5) is 14.5. The molecule has 1 saturated heterocycles. The van der Waals surface area contributed by atoms with E-state index in [1.165, 1.54) is 32.1 Å². The Morgan fingerprint density at radius 3 is 2.88 bits per heavy atom. The monoisotopic (exact) mass is 234 g/mol. The maximum Gasteiger partial charge on any atom is 0.416 e. The Labute approximate surface area is 102 Å². The molecule has 0 aromatic carbocycles. The summed E-state index contributed by atoms with van der Waals surface area (Å²) in [6.07, 6.45) is 11.9.